The minimum absolute atomic E-state index is 0. The van der Waals surface area contributed by atoms with Crippen molar-refractivity contribution in [2.24, 2.45) is 5.92 Å². The first-order valence-electron chi connectivity index (χ1n) is 10.2. The van der Waals surface area contributed by atoms with Crippen LogP contribution in [0.4, 0.5) is 5.69 Å². The summed E-state index contributed by atoms with van der Waals surface area (Å²) in [7, 11) is 0. The Bertz CT molecular complexity index is 922. The van der Waals surface area contributed by atoms with E-state index in [-0.39, 0.29) is 18.3 Å². The first-order valence-corrected chi connectivity index (χ1v) is 10.2. The summed E-state index contributed by atoms with van der Waals surface area (Å²) >= 11 is 0. The van der Waals surface area contributed by atoms with Crippen LogP contribution in [0, 0.1) is 5.92 Å². The van der Waals surface area contributed by atoms with Gasteiger partial charge >= 0.3 is 0 Å². The first kappa shape index (κ1) is 21.9. The smallest absolute Gasteiger partial charge is 0.224 e. The predicted octanol–water partition coefficient (Wildman–Crippen LogP) is 3.33. The summed E-state index contributed by atoms with van der Waals surface area (Å²) in [6.07, 6.45) is 3.51. The fourth-order valence-corrected chi connectivity index (χ4v) is 3.54. The molecule has 7 nitrogen and oxygen atoms in total. The zero-order valence-corrected chi connectivity index (χ0v) is 17.6. The van der Waals surface area contributed by atoms with E-state index in [1.54, 1.807) is 4.80 Å². The van der Waals surface area contributed by atoms with Crippen LogP contribution in [0.5, 0.6) is 0 Å². The number of nitrogens with zero attached hydrogens (tertiary/aromatic N) is 4. The average Bonchev–Trinajstić information content (AvgIpc) is 3.45. The number of halogens is 1. The Morgan fingerprint density at radius 1 is 1.13 bits per heavy atom. The summed E-state index contributed by atoms with van der Waals surface area (Å²) in [5.41, 5.74) is 2.97. The highest BCUT2D eigenvalue weighted by Gasteiger charge is 2.15. The number of carbonyl (C=O) groups is 1. The van der Waals surface area contributed by atoms with Crippen molar-refractivity contribution in [3.63, 3.8) is 0 Å². The van der Waals surface area contributed by atoms with Crippen molar-refractivity contribution in [2.75, 3.05) is 18.4 Å². The second-order valence-corrected chi connectivity index (χ2v) is 7.47. The molecule has 2 aromatic carbocycles. The number of carbonyl (C=O) groups excluding carboxylic acids is 1. The molecule has 2 N–H and O–H groups in total. The van der Waals surface area contributed by atoms with E-state index < -0.39 is 0 Å². The van der Waals surface area contributed by atoms with Crippen molar-refractivity contribution in [2.45, 2.75) is 32.2 Å². The second kappa shape index (κ2) is 10.8. The standard InChI is InChI=1S/C22H26N6O.ClH/c29-21(11-8-18-12-14-23-16-18)24-20-9-6-17(7-10-20)13-15-28-26-22(25-27-28)19-4-2-1-3-5-19;/h1-7,9-10,18,23H,8,11-16H2,(H,24,29);1H. The van der Waals surface area contributed by atoms with Gasteiger partial charge in [0.1, 0.15) is 0 Å². The minimum atomic E-state index is 0. The number of aryl methyl sites for hydroxylation is 2. The molecule has 1 aliphatic heterocycles. The number of aromatic nitrogens is 4. The third kappa shape index (κ3) is 6.11. The largest absolute Gasteiger partial charge is 0.326 e. The molecule has 0 bridgehead atoms. The molecule has 4 rings (SSSR count). The normalized spacial score (nSPS) is 15.5. The zero-order chi connectivity index (χ0) is 19.9. The summed E-state index contributed by atoms with van der Waals surface area (Å²) in [5.74, 6) is 1.36. The van der Waals surface area contributed by atoms with Gasteiger partial charge in [-0.3, -0.25) is 4.79 Å². The van der Waals surface area contributed by atoms with Crippen LogP contribution < -0.4 is 10.6 Å². The van der Waals surface area contributed by atoms with Crippen LogP contribution >= 0.6 is 12.4 Å². The van der Waals surface area contributed by atoms with Crippen molar-refractivity contribution in [3.8, 4) is 11.4 Å². The van der Waals surface area contributed by atoms with Gasteiger partial charge in [0.05, 0.1) is 6.54 Å². The van der Waals surface area contributed by atoms with Gasteiger partial charge in [0.2, 0.25) is 11.7 Å². The first-order chi connectivity index (χ1) is 14.3. The quantitative estimate of drug-likeness (QED) is 0.577. The van der Waals surface area contributed by atoms with Crippen LogP contribution in [0.15, 0.2) is 54.6 Å². The molecule has 3 aromatic rings. The Balaban J connectivity index is 0.00000256. The maximum atomic E-state index is 12.1. The lowest BCUT2D eigenvalue weighted by Crippen LogP contribution is -2.15. The van der Waals surface area contributed by atoms with Crippen LogP contribution in [-0.4, -0.2) is 39.2 Å². The lowest BCUT2D eigenvalue weighted by Gasteiger charge is -2.09. The summed E-state index contributed by atoms with van der Waals surface area (Å²) in [6.45, 7) is 2.77. The molecule has 1 aliphatic rings. The van der Waals surface area contributed by atoms with Gasteiger partial charge in [0, 0.05) is 17.7 Å². The van der Waals surface area contributed by atoms with E-state index in [2.05, 4.69) is 26.0 Å². The molecule has 30 heavy (non-hydrogen) atoms. The fourth-order valence-electron chi connectivity index (χ4n) is 3.54. The number of amides is 1. The maximum Gasteiger partial charge on any atom is 0.224 e. The van der Waals surface area contributed by atoms with Gasteiger partial charge in [-0.25, -0.2) is 0 Å². The number of hydrogen-bond donors (Lipinski definition) is 2. The third-order valence-electron chi connectivity index (χ3n) is 5.27. The molecular weight excluding hydrogens is 400 g/mol. The predicted molar refractivity (Wildman–Crippen MR) is 119 cm³/mol. The number of benzene rings is 2. The Morgan fingerprint density at radius 2 is 1.93 bits per heavy atom. The number of rotatable bonds is 8. The van der Waals surface area contributed by atoms with E-state index in [1.165, 1.54) is 12.0 Å². The van der Waals surface area contributed by atoms with Crippen LogP contribution in [0.25, 0.3) is 11.4 Å². The number of anilines is 1. The molecule has 1 atom stereocenters. The number of nitrogens with one attached hydrogen (secondary N) is 2. The average molecular weight is 427 g/mol. The highest BCUT2D eigenvalue weighted by Crippen LogP contribution is 2.16. The highest BCUT2D eigenvalue weighted by molar-refractivity contribution is 5.90. The van der Waals surface area contributed by atoms with E-state index in [9.17, 15) is 4.79 Å². The van der Waals surface area contributed by atoms with E-state index in [1.807, 2.05) is 54.6 Å². The Labute approximate surface area is 182 Å². The Hall–Kier alpha value is -2.77. The summed E-state index contributed by atoms with van der Waals surface area (Å²) in [6, 6.07) is 17.8. The Kier molecular flexibility index (Phi) is 7.93. The minimum Gasteiger partial charge on any atom is -0.326 e. The molecule has 8 heteroatoms. The van der Waals surface area contributed by atoms with Crippen LogP contribution in [-0.2, 0) is 17.8 Å². The van der Waals surface area contributed by atoms with Crippen LogP contribution in [0.2, 0.25) is 0 Å². The molecule has 158 valence electrons. The molecular formula is C22H27ClN6O. The van der Waals surface area contributed by atoms with Gasteiger partial charge < -0.3 is 10.6 Å². The lowest BCUT2D eigenvalue weighted by atomic mass is 10.0. The van der Waals surface area contributed by atoms with Crippen LogP contribution in [0.3, 0.4) is 0 Å². The molecule has 0 spiro atoms. The molecule has 0 saturated carbocycles. The summed E-state index contributed by atoms with van der Waals surface area (Å²) in [4.78, 5) is 13.7. The monoisotopic (exact) mass is 426 g/mol. The molecule has 0 aliphatic carbocycles. The molecule has 1 unspecified atom stereocenters. The van der Waals surface area contributed by atoms with Gasteiger partial charge in [-0.1, -0.05) is 42.5 Å². The van der Waals surface area contributed by atoms with Gasteiger partial charge in [-0.2, -0.15) is 4.80 Å². The van der Waals surface area contributed by atoms with Crippen molar-refractivity contribution in [1.29, 1.82) is 0 Å². The SMILES string of the molecule is Cl.O=C(CCC1CCNC1)Nc1ccc(CCn2nnc(-c3ccccc3)n2)cc1. The van der Waals surface area contributed by atoms with Gasteiger partial charge in [0.25, 0.3) is 0 Å². The third-order valence-corrected chi connectivity index (χ3v) is 5.27. The highest BCUT2D eigenvalue weighted by atomic mass is 35.5. The van der Waals surface area contributed by atoms with E-state index in [4.69, 9.17) is 0 Å². The molecule has 1 amide bonds. The number of tetrazole rings is 1. The fraction of sp³-hybridized carbons (Fsp3) is 0.364. The van der Waals surface area contributed by atoms with Gasteiger partial charge in [-0.05, 0) is 61.2 Å². The number of hydrogen-bond acceptors (Lipinski definition) is 5. The maximum absolute atomic E-state index is 12.1. The van der Waals surface area contributed by atoms with Gasteiger partial charge in [0.15, 0.2) is 0 Å². The second-order valence-electron chi connectivity index (χ2n) is 7.47. The lowest BCUT2D eigenvalue weighted by molar-refractivity contribution is -0.116. The molecule has 1 saturated heterocycles. The summed E-state index contributed by atoms with van der Waals surface area (Å²) < 4.78 is 0. The van der Waals surface area contributed by atoms with E-state index in [0.29, 0.717) is 24.7 Å². The van der Waals surface area contributed by atoms with E-state index in [0.717, 1.165) is 37.2 Å². The van der Waals surface area contributed by atoms with Crippen molar-refractivity contribution in [1.82, 2.24) is 25.5 Å². The molecule has 1 aromatic heterocycles. The van der Waals surface area contributed by atoms with Gasteiger partial charge in [-0.15, -0.1) is 22.6 Å². The van der Waals surface area contributed by atoms with Crippen molar-refractivity contribution >= 4 is 24.0 Å². The Morgan fingerprint density at radius 3 is 2.67 bits per heavy atom. The molecule has 0 radical (unpaired) electrons. The zero-order valence-electron chi connectivity index (χ0n) is 16.8. The molecule has 1 fully saturated rings. The topological polar surface area (TPSA) is 84.7 Å². The molecule has 2 heterocycles. The van der Waals surface area contributed by atoms with Crippen molar-refractivity contribution < 1.29 is 4.79 Å². The summed E-state index contributed by atoms with van der Waals surface area (Å²) in [5, 5.41) is 19.0. The van der Waals surface area contributed by atoms with Crippen molar-refractivity contribution in [3.05, 3.63) is 60.2 Å². The van der Waals surface area contributed by atoms with Crippen LogP contribution in [0.1, 0.15) is 24.8 Å². The van der Waals surface area contributed by atoms with E-state index >= 15 is 0 Å².